The number of nitrogens with zero attached hydrogens (tertiary/aromatic N) is 1. The minimum absolute atomic E-state index is 0. The molecular formula is C14H27Cl2N3OS. The Hall–Kier alpha value is -0.360. The number of halogens is 2. The molecule has 0 aliphatic carbocycles. The van der Waals surface area contributed by atoms with E-state index in [1.54, 1.807) is 11.3 Å². The van der Waals surface area contributed by atoms with Crippen LogP contribution in [-0.2, 0) is 11.3 Å². The Morgan fingerprint density at radius 1 is 1.29 bits per heavy atom. The maximum Gasteiger partial charge on any atom is 0.220 e. The molecule has 0 saturated heterocycles. The summed E-state index contributed by atoms with van der Waals surface area (Å²) in [4.78, 5) is 16.1. The number of nitrogens with one attached hydrogen (secondary N) is 1. The van der Waals surface area contributed by atoms with Crippen molar-refractivity contribution >= 4 is 42.1 Å². The van der Waals surface area contributed by atoms with Gasteiger partial charge in [-0.2, -0.15) is 0 Å². The van der Waals surface area contributed by atoms with Crippen LogP contribution in [0.5, 0.6) is 0 Å². The third-order valence-electron chi connectivity index (χ3n) is 2.96. The largest absolute Gasteiger partial charge is 0.350 e. The normalized spacial score (nSPS) is 9.90. The van der Waals surface area contributed by atoms with Crippen LogP contribution in [0, 0.1) is 0 Å². The first-order valence-corrected chi connectivity index (χ1v) is 7.92. The molecule has 0 atom stereocenters. The Balaban J connectivity index is 0. The van der Waals surface area contributed by atoms with Crippen molar-refractivity contribution in [2.45, 2.75) is 58.4 Å². The van der Waals surface area contributed by atoms with Gasteiger partial charge in [-0.1, -0.05) is 26.7 Å². The quantitative estimate of drug-likeness (QED) is 0.664. The average Bonchev–Trinajstić information content (AvgIpc) is 2.85. The molecule has 0 radical (unpaired) electrons. The lowest BCUT2D eigenvalue weighted by Crippen LogP contribution is -2.22. The van der Waals surface area contributed by atoms with Gasteiger partial charge in [0.2, 0.25) is 5.91 Å². The van der Waals surface area contributed by atoms with E-state index in [1.165, 1.54) is 0 Å². The summed E-state index contributed by atoms with van der Waals surface area (Å²) in [6.07, 6.45) is 4.81. The highest BCUT2D eigenvalue weighted by atomic mass is 35.5. The van der Waals surface area contributed by atoms with E-state index in [4.69, 9.17) is 5.73 Å². The zero-order valence-corrected chi connectivity index (χ0v) is 15.2. The van der Waals surface area contributed by atoms with Crippen LogP contribution in [0.4, 0.5) is 0 Å². The van der Waals surface area contributed by atoms with Gasteiger partial charge in [0.15, 0.2) is 0 Å². The van der Waals surface area contributed by atoms with Crippen molar-refractivity contribution in [1.82, 2.24) is 10.3 Å². The summed E-state index contributed by atoms with van der Waals surface area (Å²) in [6.45, 7) is 5.55. The summed E-state index contributed by atoms with van der Waals surface area (Å²) >= 11 is 1.62. The molecule has 1 aromatic rings. The van der Waals surface area contributed by atoms with Gasteiger partial charge in [0.25, 0.3) is 0 Å². The number of carbonyl (C=O) groups is 1. The van der Waals surface area contributed by atoms with E-state index in [9.17, 15) is 4.79 Å². The Bertz CT molecular complexity index is 386. The number of aromatic nitrogens is 1. The average molecular weight is 356 g/mol. The minimum Gasteiger partial charge on any atom is -0.350 e. The number of nitrogens with two attached hydrogens (primary N) is 1. The van der Waals surface area contributed by atoms with Crippen LogP contribution in [-0.4, -0.2) is 17.4 Å². The van der Waals surface area contributed by atoms with E-state index in [0.717, 1.165) is 42.9 Å². The summed E-state index contributed by atoms with van der Waals surface area (Å²) < 4.78 is 0. The summed E-state index contributed by atoms with van der Waals surface area (Å²) in [5, 5.41) is 5.98. The van der Waals surface area contributed by atoms with Crippen LogP contribution >= 0.6 is 36.2 Å². The predicted molar refractivity (Wildman–Crippen MR) is 94.7 cm³/mol. The molecule has 1 rings (SSSR count). The van der Waals surface area contributed by atoms with E-state index in [-0.39, 0.29) is 30.7 Å². The van der Waals surface area contributed by atoms with Crippen molar-refractivity contribution in [3.8, 4) is 0 Å². The second-order valence-corrected chi connectivity index (χ2v) is 5.99. The van der Waals surface area contributed by atoms with Crippen LogP contribution in [0.1, 0.15) is 62.6 Å². The molecule has 124 valence electrons. The second kappa shape index (κ2) is 13.3. The Morgan fingerprint density at radius 3 is 2.52 bits per heavy atom. The third kappa shape index (κ3) is 10.1. The van der Waals surface area contributed by atoms with Crippen molar-refractivity contribution in [3.05, 3.63) is 16.1 Å². The van der Waals surface area contributed by atoms with Crippen LogP contribution < -0.4 is 11.1 Å². The highest BCUT2D eigenvalue weighted by Crippen LogP contribution is 2.17. The first-order chi connectivity index (χ1) is 9.13. The number of carbonyl (C=O) groups excluding carboxylic acids is 1. The molecule has 0 spiro atoms. The summed E-state index contributed by atoms with van der Waals surface area (Å²) in [7, 11) is 0. The molecule has 1 heterocycles. The van der Waals surface area contributed by atoms with Gasteiger partial charge in [0.05, 0.1) is 12.2 Å². The molecular weight excluding hydrogens is 329 g/mol. The molecule has 1 aromatic heterocycles. The first-order valence-electron chi connectivity index (χ1n) is 7.04. The zero-order valence-electron chi connectivity index (χ0n) is 12.8. The highest BCUT2D eigenvalue weighted by molar-refractivity contribution is 7.09. The molecule has 0 bridgehead atoms. The van der Waals surface area contributed by atoms with Gasteiger partial charge in [-0.15, -0.1) is 36.2 Å². The number of unbranched alkanes of at least 4 members (excludes halogenated alkanes) is 3. The topological polar surface area (TPSA) is 68.0 Å². The van der Waals surface area contributed by atoms with Gasteiger partial charge in [-0.05, 0) is 25.3 Å². The Morgan fingerprint density at radius 2 is 1.95 bits per heavy atom. The van der Waals surface area contributed by atoms with Crippen molar-refractivity contribution in [2.24, 2.45) is 5.73 Å². The molecule has 3 N–H and O–H groups in total. The smallest absolute Gasteiger partial charge is 0.220 e. The molecule has 1 amide bonds. The molecule has 0 fully saturated rings. The molecule has 0 aromatic carbocycles. The minimum atomic E-state index is 0. The Kier molecular flexibility index (Phi) is 14.5. The van der Waals surface area contributed by atoms with Crippen molar-refractivity contribution in [1.29, 1.82) is 0 Å². The van der Waals surface area contributed by atoms with E-state index in [0.29, 0.717) is 18.9 Å². The van der Waals surface area contributed by atoms with Crippen LogP contribution in [0.2, 0.25) is 0 Å². The summed E-state index contributed by atoms with van der Waals surface area (Å²) in [5.41, 5.74) is 6.53. The van der Waals surface area contributed by atoms with Gasteiger partial charge in [-0.3, -0.25) is 4.79 Å². The second-order valence-electron chi connectivity index (χ2n) is 5.05. The Labute approximate surface area is 144 Å². The van der Waals surface area contributed by atoms with E-state index in [2.05, 4.69) is 29.5 Å². The molecule has 0 saturated carbocycles. The van der Waals surface area contributed by atoms with Crippen molar-refractivity contribution in [3.63, 3.8) is 0 Å². The molecule has 4 nitrogen and oxygen atoms in total. The van der Waals surface area contributed by atoms with E-state index >= 15 is 0 Å². The fourth-order valence-corrected chi connectivity index (χ4v) is 2.61. The molecule has 7 heteroatoms. The van der Waals surface area contributed by atoms with E-state index in [1.807, 2.05) is 0 Å². The van der Waals surface area contributed by atoms with Gasteiger partial charge in [0, 0.05) is 11.8 Å². The van der Waals surface area contributed by atoms with Gasteiger partial charge >= 0.3 is 0 Å². The third-order valence-corrected chi connectivity index (χ3v) is 3.82. The van der Waals surface area contributed by atoms with Gasteiger partial charge in [-0.25, -0.2) is 4.98 Å². The van der Waals surface area contributed by atoms with Crippen LogP contribution in [0.25, 0.3) is 0 Å². The first kappa shape index (κ1) is 22.9. The standard InChI is InChI=1S/C14H25N3OS.2ClH/c1-11(2)12-10-19-14(17-12)9-16-13(18)7-5-3-4-6-8-15;;/h10-11H,3-9,15H2,1-2H3,(H,16,18);2*1H. The lowest BCUT2D eigenvalue weighted by molar-refractivity contribution is -0.121. The van der Waals surface area contributed by atoms with Crippen LogP contribution in [0.3, 0.4) is 0 Å². The SMILES string of the molecule is CC(C)c1csc(CNC(=O)CCCCCCN)n1.Cl.Cl. The molecule has 0 aliphatic rings. The number of thiazole rings is 1. The van der Waals surface area contributed by atoms with Crippen LogP contribution in [0.15, 0.2) is 5.38 Å². The highest BCUT2D eigenvalue weighted by Gasteiger charge is 2.07. The summed E-state index contributed by atoms with van der Waals surface area (Å²) in [6, 6.07) is 0. The number of hydrogen-bond donors (Lipinski definition) is 2. The fourth-order valence-electron chi connectivity index (χ4n) is 1.72. The predicted octanol–water partition coefficient (Wildman–Crippen LogP) is 3.64. The van der Waals surface area contributed by atoms with E-state index < -0.39 is 0 Å². The lowest BCUT2D eigenvalue weighted by atomic mass is 10.1. The van der Waals surface area contributed by atoms with Crippen molar-refractivity contribution < 1.29 is 4.79 Å². The molecule has 21 heavy (non-hydrogen) atoms. The van der Waals surface area contributed by atoms with Gasteiger partial charge < -0.3 is 11.1 Å². The van der Waals surface area contributed by atoms with Crippen molar-refractivity contribution in [2.75, 3.05) is 6.54 Å². The lowest BCUT2D eigenvalue weighted by Gasteiger charge is -2.03. The molecule has 0 unspecified atom stereocenters. The number of hydrogen-bond acceptors (Lipinski definition) is 4. The maximum atomic E-state index is 11.6. The fraction of sp³-hybridized carbons (Fsp3) is 0.714. The zero-order chi connectivity index (χ0) is 14.1. The number of amides is 1. The number of rotatable bonds is 9. The van der Waals surface area contributed by atoms with Gasteiger partial charge in [0.1, 0.15) is 5.01 Å². The maximum absolute atomic E-state index is 11.6. The molecule has 0 aliphatic heterocycles. The monoisotopic (exact) mass is 355 g/mol. The summed E-state index contributed by atoms with van der Waals surface area (Å²) in [5.74, 6) is 0.567.